The van der Waals surface area contributed by atoms with E-state index in [1.165, 1.54) is 0 Å². The monoisotopic (exact) mass is 395 g/mol. The molecule has 0 aliphatic rings. The second-order valence-electron chi connectivity index (χ2n) is 7.72. The lowest BCUT2D eigenvalue weighted by atomic mass is 9.88. The van der Waals surface area contributed by atoms with E-state index >= 15 is 0 Å². The van der Waals surface area contributed by atoms with E-state index in [4.69, 9.17) is 5.26 Å². The summed E-state index contributed by atoms with van der Waals surface area (Å²) >= 11 is 0. The molecule has 1 aromatic heterocycles. The average molecular weight is 395 g/mol. The Hall–Kier alpha value is -3.71. The summed E-state index contributed by atoms with van der Waals surface area (Å²) in [5.74, 6) is -0.926. The first-order valence-corrected chi connectivity index (χ1v) is 9.98. The van der Waals surface area contributed by atoms with Crippen molar-refractivity contribution < 1.29 is 14.5 Å². The number of para-hydroxylation sites is 1. The van der Waals surface area contributed by atoms with Crippen molar-refractivity contribution >= 4 is 27.8 Å². The summed E-state index contributed by atoms with van der Waals surface area (Å²) in [5, 5.41) is 20.6. The van der Waals surface area contributed by atoms with E-state index in [2.05, 4.69) is 36.6 Å². The molecule has 0 saturated carbocycles. The fourth-order valence-electron chi connectivity index (χ4n) is 4.58. The fraction of sp³-hybridized carbons (Fsp3) is 0.192. The van der Waals surface area contributed by atoms with Gasteiger partial charge < -0.3 is 5.11 Å². The van der Waals surface area contributed by atoms with Gasteiger partial charge in [0, 0.05) is 18.6 Å². The van der Waals surface area contributed by atoms with Crippen LogP contribution in [-0.4, -0.2) is 11.1 Å². The van der Waals surface area contributed by atoms with Gasteiger partial charge in [-0.25, -0.2) is 4.79 Å². The Labute approximate surface area is 175 Å². The number of hydrogen-bond donors (Lipinski definition) is 1. The van der Waals surface area contributed by atoms with Crippen molar-refractivity contribution in [2.24, 2.45) is 7.05 Å². The van der Waals surface area contributed by atoms with Gasteiger partial charge in [0.15, 0.2) is 0 Å². The average Bonchev–Trinajstić information content (AvgIpc) is 2.72. The third kappa shape index (κ3) is 3.09. The molecule has 0 atom stereocenters. The number of benzene rings is 3. The number of aromatic carboxylic acids is 1. The van der Waals surface area contributed by atoms with E-state index in [0.29, 0.717) is 18.4 Å². The second-order valence-corrected chi connectivity index (χ2v) is 7.72. The zero-order valence-electron chi connectivity index (χ0n) is 17.4. The third-order valence-corrected chi connectivity index (χ3v) is 5.79. The molecule has 0 aliphatic heterocycles. The molecule has 4 nitrogen and oxygen atoms in total. The number of nitriles is 1. The van der Waals surface area contributed by atoms with E-state index in [1.807, 2.05) is 49.5 Å². The number of aromatic nitrogens is 1. The van der Waals surface area contributed by atoms with Gasteiger partial charge in [-0.3, -0.25) is 0 Å². The Bertz CT molecular complexity index is 1340. The van der Waals surface area contributed by atoms with Gasteiger partial charge in [-0.15, -0.1) is 0 Å². The number of aryl methyl sites for hydroxylation is 4. The van der Waals surface area contributed by atoms with Crippen LogP contribution in [0.15, 0.2) is 54.6 Å². The number of carboxylic acids is 1. The van der Waals surface area contributed by atoms with Gasteiger partial charge in [-0.1, -0.05) is 36.4 Å². The molecular formula is C26H23N2O2+. The molecule has 30 heavy (non-hydrogen) atoms. The van der Waals surface area contributed by atoms with Crippen LogP contribution >= 0.6 is 0 Å². The van der Waals surface area contributed by atoms with Crippen molar-refractivity contribution in [3.05, 3.63) is 76.9 Å². The van der Waals surface area contributed by atoms with Crippen LogP contribution in [0.1, 0.15) is 33.5 Å². The van der Waals surface area contributed by atoms with Crippen LogP contribution < -0.4 is 4.57 Å². The molecule has 148 valence electrons. The van der Waals surface area contributed by atoms with Crippen molar-refractivity contribution in [1.29, 1.82) is 5.26 Å². The summed E-state index contributed by atoms with van der Waals surface area (Å²) in [5.41, 5.74) is 7.39. The normalized spacial score (nSPS) is 11.0. The maximum absolute atomic E-state index is 12.4. The Balaban J connectivity index is 2.12. The standard InChI is InChI=1S/C26H22N2O2/c1-16-14-18(8-7-13-27)15-17(2)23(16)20-10-6-12-22-24(20)25(26(29)30)19-9-4-5-11-21(19)28(22)3/h4-6,9-12,14-15H,7-8H2,1-3H3/p+1. The summed E-state index contributed by atoms with van der Waals surface area (Å²) < 4.78 is 2.06. The molecule has 0 radical (unpaired) electrons. The van der Waals surface area contributed by atoms with Crippen molar-refractivity contribution in [3.8, 4) is 17.2 Å². The summed E-state index contributed by atoms with van der Waals surface area (Å²) in [6.45, 7) is 4.11. The largest absolute Gasteiger partial charge is 0.478 e. The second kappa shape index (κ2) is 7.61. The molecule has 1 heterocycles. The van der Waals surface area contributed by atoms with E-state index in [0.717, 1.165) is 49.6 Å². The van der Waals surface area contributed by atoms with Crippen molar-refractivity contribution in [3.63, 3.8) is 0 Å². The highest BCUT2D eigenvalue weighted by Crippen LogP contribution is 2.37. The highest BCUT2D eigenvalue weighted by molar-refractivity contribution is 6.16. The number of hydrogen-bond acceptors (Lipinski definition) is 2. The molecular weight excluding hydrogens is 372 g/mol. The molecule has 1 N–H and O–H groups in total. The molecule has 0 spiro atoms. The van der Waals surface area contributed by atoms with Crippen LogP contribution in [0.3, 0.4) is 0 Å². The van der Waals surface area contributed by atoms with E-state index in [9.17, 15) is 9.90 Å². The maximum atomic E-state index is 12.4. The van der Waals surface area contributed by atoms with E-state index < -0.39 is 5.97 Å². The molecule has 0 unspecified atom stereocenters. The Kier molecular flexibility index (Phi) is 4.97. The molecule has 0 amide bonds. The predicted molar refractivity (Wildman–Crippen MR) is 118 cm³/mol. The molecule has 0 fully saturated rings. The quantitative estimate of drug-likeness (QED) is 0.379. The minimum absolute atomic E-state index is 0.335. The summed E-state index contributed by atoms with van der Waals surface area (Å²) in [6.07, 6.45) is 1.20. The summed E-state index contributed by atoms with van der Waals surface area (Å²) in [6, 6.07) is 20.0. The number of fused-ring (bicyclic) bond motifs is 2. The van der Waals surface area contributed by atoms with Crippen LogP contribution in [0.4, 0.5) is 0 Å². The Morgan fingerprint density at radius 1 is 1.03 bits per heavy atom. The van der Waals surface area contributed by atoms with E-state index in [-0.39, 0.29) is 0 Å². The number of carboxylic acid groups (broad SMARTS) is 1. The van der Waals surface area contributed by atoms with Crippen LogP contribution in [0.25, 0.3) is 32.9 Å². The number of nitrogens with zero attached hydrogens (tertiary/aromatic N) is 2. The number of carbonyl (C=O) groups is 1. The molecule has 0 bridgehead atoms. The van der Waals surface area contributed by atoms with Crippen LogP contribution in [0.5, 0.6) is 0 Å². The molecule has 0 aliphatic carbocycles. The minimum Gasteiger partial charge on any atom is -0.478 e. The molecule has 4 aromatic rings. The Morgan fingerprint density at radius 3 is 2.37 bits per heavy atom. The van der Waals surface area contributed by atoms with Gasteiger partial charge in [0.2, 0.25) is 11.0 Å². The first-order chi connectivity index (χ1) is 14.4. The molecule has 3 aromatic carbocycles. The fourth-order valence-corrected chi connectivity index (χ4v) is 4.58. The maximum Gasteiger partial charge on any atom is 0.337 e. The lowest BCUT2D eigenvalue weighted by molar-refractivity contribution is -0.617. The lowest BCUT2D eigenvalue weighted by Crippen LogP contribution is -2.31. The van der Waals surface area contributed by atoms with Crippen molar-refractivity contribution in [1.82, 2.24) is 0 Å². The van der Waals surface area contributed by atoms with Gasteiger partial charge in [0.1, 0.15) is 7.05 Å². The van der Waals surface area contributed by atoms with Crippen LogP contribution in [-0.2, 0) is 13.5 Å². The lowest BCUT2D eigenvalue weighted by Gasteiger charge is -2.16. The zero-order chi connectivity index (χ0) is 21.4. The molecule has 0 saturated heterocycles. The van der Waals surface area contributed by atoms with Gasteiger partial charge in [0.05, 0.1) is 22.4 Å². The number of pyridine rings is 1. The van der Waals surface area contributed by atoms with Gasteiger partial charge >= 0.3 is 5.97 Å². The third-order valence-electron chi connectivity index (χ3n) is 5.79. The first-order valence-electron chi connectivity index (χ1n) is 9.98. The topological polar surface area (TPSA) is 65.0 Å². The summed E-state index contributed by atoms with van der Waals surface area (Å²) in [4.78, 5) is 12.4. The van der Waals surface area contributed by atoms with Crippen molar-refractivity contribution in [2.45, 2.75) is 26.7 Å². The molecule has 4 rings (SSSR count). The highest BCUT2D eigenvalue weighted by atomic mass is 16.4. The summed E-state index contributed by atoms with van der Waals surface area (Å²) in [7, 11) is 1.98. The minimum atomic E-state index is -0.926. The van der Waals surface area contributed by atoms with Crippen molar-refractivity contribution in [2.75, 3.05) is 0 Å². The van der Waals surface area contributed by atoms with Gasteiger partial charge in [0.25, 0.3) is 0 Å². The highest BCUT2D eigenvalue weighted by Gasteiger charge is 2.25. The van der Waals surface area contributed by atoms with Crippen LogP contribution in [0.2, 0.25) is 0 Å². The van der Waals surface area contributed by atoms with Gasteiger partial charge in [-0.2, -0.15) is 9.83 Å². The predicted octanol–water partition coefficient (Wildman–Crippen LogP) is 5.26. The SMILES string of the molecule is Cc1cc(CCC#N)cc(C)c1-c1cccc2c1c(C(=O)O)c1ccccc1[n+]2C. The zero-order valence-corrected chi connectivity index (χ0v) is 17.4. The smallest absolute Gasteiger partial charge is 0.337 e. The first kappa shape index (κ1) is 19.6. The van der Waals surface area contributed by atoms with E-state index in [1.54, 1.807) is 0 Å². The van der Waals surface area contributed by atoms with Gasteiger partial charge in [-0.05, 0) is 54.2 Å². The Morgan fingerprint density at radius 2 is 1.70 bits per heavy atom. The van der Waals surface area contributed by atoms with Crippen LogP contribution in [0, 0.1) is 25.2 Å². The molecule has 4 heteroatoms. The number of rotatable bonds is 4.